The van der Waals surface area contributed by atoms with E-state index in [4.69, 9.17) is 0 Å². The second-order valence-corrected chi connectivity index (χ2v) is 9.35. The van der Waals surface area contributed by atoms with Gasteiger partial charge >= 0.3 is 0 Å². The molecule has 37 heavy (non-hydrogen) atoms. The van der Waals surface area contributed by atoms with Gasteiger partial charge in [-0.15, -0.1) is 0 Å². The van der Waals surface area contributed by atoms with E-state index in [0.29, 0.717) is 36.3 Å². The lowest BCUT2D eigenvalue weighted by molar-refractivity contribution is -0.116. The Kier molecular flexibility index (Phi) is 7.51. The van der Waals surface area contributed by atoms with Gasteiger partial charge in [-0.3, -0.25) is 24.3 Å². The predicted molar refractivity (Wildman–Crippen MR) is 143 cm³/mol. The molecule has 0 saturated carbocycles. The number of nitrogens with one attached hydrogen (secondary N) is 1. The third-order valence-corrected chi connectivity index (χ3v) is 6.95. The quantitative estimate of drug-likeness (QED) is 0.299. The first-order valence-electron chi connectivity index (χ1n) is 12.8. The lowest BCUT2D eigenvalue weighted by Gasteiger charge is -2.35. The normalized spacial score (nSPS) is 15.0. The van der Waals surface area contributed by atoms with Crippen LogP contribution in [-0.2, 0) is 4.79 Å². The topological polar surface area (TPSA) is 82.6 Å². The van der Waals surface area contributed by atoms with Crippen LogP contribution in [0.5, 0.6) is 0 Å². The molecule has 5 rings (SSSR count). The zero-order chi connectivity index (χ0) is 25.6. The van der Waals surface area contributed by atoms with Crippen LogP contribution in [0.3, 0.4) is 0 Å². The molecule has 1 saturated heterocycles. The molecule has 7 nitrogen and oxygen atoms in total. The maximum atomic E-state index is 13.4. The molecule has 188 valence electrons. The third kappa shape index (κ3) is 5.52. The van der Waals surface area contributed by atoms with Crippen LogP contribution < -0.4 is 5.32 Å². The highest BCUT2D eigenvalue weighted by atomic mass is 16.2. The van der Waals surface area contributed by atoms with Gasteiger partial charge in [0.25, 0.3) is 5.91 Å². The van der Waals surface area contributed by atoms with Crippen molar-refractivity contribution < 1.29 is 14.4 Å². The zero-order valence-electron chi connectivity index (χ0n) is 20.7. The molecule has 0 radical (unpaired) electrons. The summed E-state index contributed by atoms with van der Waals surface area (Å²) < 4.78 is 0. The van der Waals surface area contributed by atoms with Crippen molar-refractivity contribution in [2.75, 3.05) is 39.3 Å². The lowest BCUT2D eigenvalue weighted by atomic mass is 9.98. The molecular formula is C30H30N4O3. The van der Waals surface area contributed by atoms with E-state index in [1.165, 1.54) is 6.08 Å². The summed E-state index contributed by atoms with van der Waals surface area (Å²) in [6, 6.07) is 16.7. The number of hydrogen-bond donors (Lipinski definition) is 1. The van der Waals surface area contributed by atoms with E-state index >= 15 is 0 Å². The van der Waals surface area contributed by atoms with Crippen LogP contribution in [0.1, 0.15) is 44.7 Å². The van der Waals surface area contributed by atoms with Gasteiger partial charge in [0, 0.05) is 73.4 Å². The number of piperazine rings is 1. The molecule has 0 atom stereocenters. The first-order valence-corrected chi connectivity index (χ1v) is 12.8. The number of ketones is 1. The summed E-state index contributed by atoms with van der Waals surface area (Å²) in [6.07, 6.45) is 8.57. The van der Waals surface area contributed by atoms with Crippen LogP contribution in [0.15, 0.2) is 73.1 Å². The Morgan fingerprint density at radius 3 is 2.46 bits per heavy atom. The Morgan fingerprint density at radius 2 is 1.68 bits per heavy atom. The van der Waals surface area contributed by atoms with Gasteiger partial charge in [-0.2, -0.15) is 0 Å². The fraction of sp³-hybridized carbons (Fsp3) is 0.267. The number of pyridine rings is 1. The Hall–Kier alpha value is -4.10. The highest BCUT2D eigenvalue weighted by Gasteiger charge is 2.32. The van der Waals surface area contributed by atoms with Crippen LogP contribution in [0, 0.1) is 0 Å². The van der Waals surface area contributed by atoms with Crippen molar-refractivity contribution in [1.82, 2.24) is 20.1 Å². The second-order valence-electron chi connectivity index (χ2n) is 9.35. The number of amides is 2. The van der Waals surface area contributed by atoms with Crippen molar-refractivity contribution in [3.05, 3.63) is 95.3 Å². The molecule has 2 amide bonds. The molecule has 1 aromatic heterocycles. The first kappa shape index (κ1) is 24.6. The van der Waals surface area contributed by atoms with Gasteiger partial charge in [0.2, 0.25) is 5.91 Å². The molecule has 1 fully saturated rings. The summed E-state index contributed by atoms with van der Waals surface area (Å²) >= 11 is 0. The number of unbranched alkanes of at least 4 members (excludes halogenated alkanes) is 1. The summed E-state index contributed by atoms with van der Waals surface area (Å²) in [4.78, 5) is 46.5. The minimum absolute atomic E-state index is 0.00854. The smallest absolute Gasteiger partial charge is 0.254 e. The van der Waals surface area contributed by atoms with Crippen molar-refractivity contribution in [2.45, 2.75) is 12.8 Å². The SMILES string of the molecule is O=C(/C=C\c1cccnc1)NCCCCN1CCN(C(=O)c2cccc3c2-c2ccccc2C3=O)CC1. The van der Waals surface area contributed by atoms with Crippen LogP contribution in [0.2, 0.25) is 0 Å². The number of carbonyl (C=O) groups excluding carboxylic acids is 3. The number of carbonyl (C=O) groups is 3. The molecule has 2 aromatic carbocycles. The maximum absolute atomic E-state index is 13.4. The van der Waals surface area contributed by atoms with E-state index in [-0.39, 0.29) is 17.6 Å². The van der Waals surface area contributed by atoms with E-state index in [2.05, 4.69) is 15.2 Å². The van der Waals surface area contributed by atoms with Crippen LogP contribution in [-0.4, -0.2) is 71.6 Å². The van der Waals surface area contributed by atoms with Gasteiger partial charge in [-0.25, -0.2) is 0 Å². The van der Waals surface area contributed by atoms with Crippen LogP contribution in [0.4, 0.5) is 0 Å². The van der Waals surface area contributed by atoms with Crippen LogP contribution in [0.25, 0.3) is 17.2 Å². The second kappa shape index (κ2) is 11.3. The summed E-state index contributed by atoms with van der Waals surface area (Å²) in [7, 11) is 0. The minimum atomic E-state index is -0.104. The van der Waals surface area contributed by atoms with Crippen molar-refractivity contribution in [3.63, 3.8) is 0 Å². The average molecular weight is 495 g/mol. The monoisotopic (exact) mass is 494 g/mol. The van der Waals surface area contributed by atoms with Crippen molar-refractivity contribution >= 4 is 23.7 Å². The molecule has 1 aliphatic carbocycles. The highest BCUT2D eigenvalue weighted by Crippen LogP contribution is 2.39. The number of fused-ring (bicyclic) bond motifs is 3. The Balaban J connectivity index is 1.07. The van der Waals surface area contributed by atoms with Crippen molar-refractivity contribution in [1.29, 1.82) is 0 Å². The molecule has 1 aliphatic heterocycles. The molecule has 1 N–H and O–H groups in total. The van der Waals surface area contributed by atoms with Gasteiger partial charge in [0.1, 0.15) is 0 Å². The Morgan fingerprint density at radius 1 is 0.892 bits per heavy atom. The molecule has 3 aromatic rings. The fourth-order valence-electron chi connectivity index (χ4n) is 4.98. The molecule has 2 heterocycles. The summed E-state index contributed by atoms with van der Waals surface area (Å²) in [5, 5.41) is 2.92. The zero-order valence-corrected chi connectivity index (χ0v) is 20.7. The average Bonchev–Trinajstić information content (AvgIpc) is 3.24. The summed E-state index contributed by atoms with van der Waals surface area (Å²) in [5.41, 5.74) is 4.41. The van der Waals surface area contributed by atoms with Gasteiger partial charge in [0.15, 0.2) is 5.78 Å². The third-order valence-electron chi connectivity index (χ3n) is 6.95. The molecule has 0 spiro atoms. The number of hydrogen-bond acceptors (Lipinski definition) is 5. The molecular weight excluding hydrogens is 464 g/mol. The first-order chi connectivity index (χ1) is 18.1. The van der Waals surface area contributed by atoms with Gasteiger partial charge in [-0.05, 0) is 48.7 Å². The molecule has 0 unspecified atom stereocenters. The number of benzene rings is 2. The largest absolute Gasteiger partial charge is 0.353 e. The van der Waals surface area contributed by atoms with Gasteiger partial charge in [-0.1, -0.05) is 42.5 Å². The van der Waals surface area contributed by atoms with Crippen molar-refractivity contribution in [3.8, 4) is 11.1 Å². The molecule has 2 aliphatic rings. The Bertz CT molecular complexity index is 1330. The summed E-state index contributed by atoms with van der Waals surface area (Å²) in [5.74, 6) is -0.124. The van der Waals surface area contributed by atoms with Crippen LogP contribution >= 0.6 is 0 Å². The lowest BCUT2D eigenvalue weighted by Crippen LogP contribution is -2.49. The van der Waals surface area contributed by atoms with E-state index in [1.54, 1.807) is 24.5 Å². The van der Waals surface area contributed by atoms with E-state index in [0.717, 1.165) is 49.2 Å². The number of rotatable bonds is 8. The highest BCUT2D eigenvalue weighted by molar-refractivity contribution is 6.24. The Labute approximate surface area is 216 Å². The minimum Gasteiger partial charge on any atom is -0.353 e. The maximum Gasteiger partial charge on any atom is 0.254 e. The van der Waals surface area contributed by atoms with Gasteiger partial charge in [0.05, 0.1) is 0 Å². The summed E-state index contributed by atoms with van der Waals surface area (Å²) in [6.45, 7) is 4.52. The van der Waals surface area contributed by atoms with E-state index in [1.807, 2.05) is 53.4 Å². The van der Waals surface area contributed by atoms with E-state index in [9.17, 15) is 14.4 Å². The van der Waals surface area contributed by atoms with E-state index < -0.39 is 0 Å². The number of nitrogens with zero attached hydrogens (tertiary/aromatic N) is 3. The van der Waals surface area contributed by atoms with Crippen molar-refractivity contribution in [2.24, 2.45) is 0 Å². The molecule has 0 bridgehead atoms. The number of aromatic nitrogens is 1. The van der Waals surface area contributed by atoms with Gasteiger partial charge < -0.3 is 10.2 Å². The predicted octanol–water partition coefficient (Wildman–Crippen LogP) is 3.66. The standard InChI is InChI=1S/C30H30N4O3/c35-27(13-12-22-7-6-14-31-21-22)32-15-3-4-16-33-17-19-34(20-18-33)30(37)26-11-5-10-25-28(26)23-8-1-2-9-24(23)29(25)36/h1-2,5-14,21H,3-4,15-20H2,(H,32,35)/b13-12-. The fourth-order valence-corrected chi connectivity index (χ4v) is 4.98. The molecule has 7 heteroatoms.